The fraction of sp³-hybridized carbons (Fsp3) is 0.323. The van der Waals surface area contributed by atoms with Gasteiger partial charge in [0.15, 0.2) is 52.4 Å². The van der Waals surface area contributed by atoms with E-state index in [1.807, 2.05) is 0 Å². The van der Waals surface area contributed by atoms with Crippen LogP contribution in [0, 0.1) is 0 Å². The van der Waals surface area contributed by atoms with Gasteiger partial charge in [0.1, 0.15) is 0 Å². The van der Waals surface area contributed by atoms with Crippen LogP contribution < -0.4 is 4.74 Å². The standard InChI is InChI=1S/C31H30O9/c1-8-40-31-17(33)9-15-22(19(31)12(4)5)25(34)13(6)20(27(15)36)21-14(7)26(35)24-18(11(2)3)30(39)28(37)16(10-32)23(24)29(21)38/h9-12,33,37,39H,8H2,1-7H3. The molecule has 0 bridgehead atoms. The maximum Gasteiger partial charge on any atom is 0.195 e. The summed E-state index contributed by atoms with van der Waals surface area (Å²) in [5.41, 5.74) is -1.96. The summed E-state index contributed by atoms with van der Waals surface area (Å²) in [6.07, 6.45) is 0.161. The van der Waals surface area contributed by atoms with Gasteiger partial charge in [-0.15, -0.1) is 0 Å². The zero-order chi connectivity index (χ0) is 30.0. The SMILES string of the molecule is CCOc1c(O)cc2c(c1C(C)C)C(=O)C(C)=C(C1=C(C)C(=O)c3c(c(C=O)c(O)c(O)c3C(C)C)C1=O)C2=O. The molecule has 0 aliphatic heterocycles. The molecular weight excluding hydrogens is 516 g/mol. The van der Waals surface area contributed by atoms with Gasteiger partial charge >= 0.3 is 0 Å². The fourth-order valence-electron chi connectivity index (χ4n) is 5.66. The van der Waals surface area contributed by atoms with Gasteiger partial charge in [-0.3, -0.25) is 24.0 Å². The molecule has 3 N–H and O–H groups in total. The number of benzene rings is 2. The highest BCUT2D eigenvalue weighted by Gasteiger charge is 2.44. The Kier molecular flexibility index (Phi) is 7.04. The third kappa shape index (κ3) is 3.79. The van der Waals surface area contributed by atoms with Gasteiger partial charge in [0.2, 0.25) is 0 Å². The van der Waals surface area contributed by atoms with Gasteiger partial charge in [0, 0.05) is 55.7 Å². The molecule has 208 valence electrons. The van der Waals surface area contributed by atoms with E-state index in [1.165, 1.54) is 13.8 Å². The first-order chi connectivity index (χ1) is 18.7. The van der Waals surface area contributed by atoms with Crippen LogP contribution in [0.1, 0.15) is 123 Å². The number of fused-ring (bicyclic) bond motifs is 2. The summed E-state index contributed by atoms with van der Waals surface area (Å²) in [7, 11) is 0. The number of carbonyl (C=O) groups excluding carboxylic acids is 5. The Hall–Kier alpha value is -4.53. The number of Topliss-reactive ketones (excluding diaryl/α,β-unsaturated/α-hetero) is 4. The zero-order valence-electron chi connectivity index (χ0n) is 23.3. The molecule has 40 heavy (non-hydrogen) atoms. The van der Waals surface area contributed by atoms with Crippen LogP contribution in [0.4, 0.5) is 0 Å². The van der Waals surface area contributed by atoms with E-state index in [0.29, 0.717) is 5.56 Å². The number of aldehydes is 1. The van der Waals surface area contributed by atoms with Gasteiger partial charge in [0.05, 0.1) is 12.2 Å². The summed E-state index contributed by atoms with van der Waals surface area (Å²) in [5.74, 6) is -5.60. The second-order valence-electron chi connectivity index (χ2n) is 10.5. The molecule has 4 rings (SSSR count). The summed E-state index contributed by atoms with van der Waals surface area (Å²) in [6.45, 7) is 11.5. The number of phenolic OH excluding ortho intramolecular Hbond substituents is 3. The smallest absolute Gasteiger partial charge is 0.195 e. The van der Waals surface area contributed by atoms with E-state index in [-0.39, 0.29) is 74.9 Å². The van der Waals surface area contributed by atoms with Crippen LogP contribution in [0.15, 0.2) is 28.4 Å². The van der Waals surface area contributed by atoms with Gasteiger partial charge in [-0.25, -0.2) is 0 Å². The van der Waals surface area contributed by atoms with Crippen LogP contribution in [-0.4, -0.2) is 51.3 Å². The van der Waals surface area contributed by atoms with E-state index in [2.05, 4.69) is 0 Å². The van der Waals surface area contributed by atoms with Crippen molar-refractivity contribution in [3.8, 4) is 23.0 Å². The highest BCUT2D eigenvalue weighted by molar-refractivity contribution is 6.38. The predicted octanol–water partition coefficient (Wildman–Crippen LogP) is 5.35. The summed E-state index contributed by atoms with van der Waals surface area (Å²) < 4.78 is 5.61. The lowest BCUT2D eigenvalue weighted by Crippen LogP contribution is -2.31. The Balaban J connectivity index is 2.06. The monoisotopic (exact) mass is 546 g/mol. The molecule has 0 radical (unpaired) electrons. The lowest BCUT2D eigenvalue weighted by Gasteiger charge is -2.29. The zero-order valence-corrected chi connectivity index (χ0v) is 23.3. The number of allylic oxidation sites excluding steroid dienone is 4. The van der Waals surface area contributed by atoms with Crippen molar-refractivity contribution in [1.29, 1.82) is 0 Å². The second kappa shape index (κ2) is 9.89. The maximum absolute atomic E-state index is 14.1. The van der Waals surface area contributed by atoms with Crippen LogP contribution >= 0.6 is 0 Å². The minimum atomic E-state index is -0.912. The Morgan fingerprint density at radius 2 is 1.27 bits per heavy atom. The van der Waals surface area contributed by atoms with E-state index >= 15 is 0 Å². The first-order valence-corrected chi connectivity index (χ1v) is 12.9. The predicted molar refractivity (Wildman–Crippen MR) is 145 cm³/mol. The van der Waals surface area contributed by atoms with Crippen molar-refractivity contribution in [1.82, 2.24) is 0 Å². The molecule has 0 amide bonds. The van der Waals surface area contributed by atoms with Gasteiger partial charge in [0.25, 0.3) is 0 Å². The van der Waals surface area contributed by atoms with E-state index in [1.54, 1.807) is 34.6 Å². The highest BCUT2D eigenvalue weighted by atomic mass is 16.5. The van der Waals surface area contributed by atoms with Crippen LogP contribution in [0.25, 0.3) is 0 Å². The minimum absolute atomic E-state index is 0.00750. The maximum atomic E-state index is 14.1. The fourth-order valence-corrected chi connectivity index (χ4v) is 5.66. The number of aromatic hydroxyl groups is 3. The molecule has 9 heteroatoms. The van der Waals surface area contributed by atoms with Gasteiger partial charge < -0.3 is 20.1 Å². The molecule has 0 aromatic heterocycles. The van der Waals surface area contributed by atoms with E-state index < -0.39 is 51.7 Å². The molecule has 2 aromatic rings. The van der Waals surface area contributed by atoms with Gasteiger partial charge in [-0.05, 0) is 38.7 Å². The third-order valence-electron chi connectivity index (χ3n) is 7.44. The number of phenols is 3. The van der Waals surface area contributed by atoms with Gasteiger partial charge in [-0.1, -0.05) is 27.7 Å². The molecule has 0 fully saturated rings. The third-order valence-corrected chi connectivity index (χ3v) is 7.44. The van der Waals surface area contributed by atoms with Gasteiger partial charge in [-0.2, -0.15) is 0 Å². The van der Waals surface area contributed by atoms with E-state index in [0.717, 1.165) is 6.07 Å². The number of carbonyl (C=O) groups is 5. The van der Waals surface area contributed by atoms with Crippen molar-refractivity contribution in [3.63, 3.8) is 0 Å². The quantitative estimate of drug-likeness (QED) is 0.321. The molecule has 2 aliphatic carbocycles. The molecule has 0 atom stereocenters. The summed E-state index contributed by atoms with van der Waals surface area (Å²) in [5, 5.41) is 31.9. The Labute approximate surface area is 230 Å². The second-order valence-corrected chi connectivity index (χ2v) is 10.5. The average Bonchev–Trinajstić information content (AvgIpc) is 2.89. The van der Waals surface area contributed by atoms with Crippen molar-refractivity contribution in [3.05, 3.63) is 67.3 Å². The summed E-state index contributed by atoms with van der Waals surface area (Å²) in [4.78, 5) is 67.6. The average molecular weight is 547 g/mol. The van der Waals surface area contributed by atoms with E-state index in [9.17, 15) is 39.3 Å². The van der Waals surface area contributed by atoms with Crippen molar-refractivity contribution in [2.24, 2.45) is 0 Å². The molecule has 0 unspecified atom stereocenters. The summed E-state index contributed by atoms with van der Waals surface area (Å²) >= 11 is 0. The number of ketones is 4. The molecule has 0 saturated carbocycles. The van der Waals surface area contributed by atoms with Crippen LogP contribution in [0.5, 0.6) is 23.0 Å². The molecule has 0 heterocycles. The number of hydrogen-bond acceptors (Lipinski definition) is 9. The molecule has 0 spiro atoms. The minimum Gasteiger partial charge on any atom is -0.504 e. The number of ether oxygens (including phenoxy) is 1. The van der Waals surface area contributed by atoms with E-state index in [4.69, 9.17) is 4.74 Å². The topological polar surface area (TPSA) is 155 Å². The van der Waals surface area contributed by atoms with Crippen molar-refractivity contribution in [2.45, 2.75) is 60.3 Å². The Morgan fingerprint density at radius 1 is 0.750 bits per heavy atom. The molecule has 2 aromatic carbocycles. The Morgan fingerprint density at radius 3 is 1.77 bits per heavy atom. The molecule has 9 nitrogen and oxygen atoms in total. The largest absolute Gasteiger partial charge is 0.504 e. The van der Waals surface area contributed by atoms with Crippen LogP contribution in [0.3, 0.4) is 0 Å². The number of rotatable bonds is 6. The van der Waals surface area contributed by atoms with Crippen LogP contribution in [-0.2, 0) is 0 Å². The normalized spacial score (nSPS) is 15.3. The molecule has 2 aliphatic rings. The lowest BCUT2D eigenvalue weighted by atomic mass is 9.71. The van der Waals surface area contributed by atoms with Crippen LogP contribution in [0.2, 0.25) is 0 Å². The molecular formula is C31H30O9. The first kappa shape index (κ1) is 28.5. The lowest BCUT2D eigenvalue weighted by molar-refractivity contribution is 0.0949. The van der Waals surface area contributed by atoms with Crippen molar-refractivity contribution in [2.75, 3.05) is 6.61 Å². The molecule has 0 saturated heterocycles. The first-order valence-electron chi connectivity index (χ1n) is 12.9. The van der Waals surface area contributed by atoms with Crippen molar-refractivity contribution < 1.29 is 44.0 Å². The number of hydrogen-bond donors (Lipinski definition) is 3. The Bertz CT molecular complexity index is 1630. The van der Waals surface area contributed by atoms with Crippen molar-refractivity contribution >= 4 is 29.4 Å². The summed E-state index contributed by atoms with van der Waals surface area (Å²) in [6, 6.07) is 1.12. The highest BCUT2D eigenvalue weighted by Crippen LogP contribution is 2.48.